The Morgan fingerprint density at radius 3 is 2.52 bits per heavy atom. The number of rotatable bonds is 2. The summed E-state index contributed by atoms with van der Waals surface area (Å²) in [4.78, 5) is 16.0. The van der Waals surface area contributed by atoms with Crippen LogP contribution in [-0.4, -0.2) is 15.9 Å². The van der Waals surface area contributed by atoms with Crippen molar-refractivity contribution in [3.05, 3.63) is 77.6 Å². The van der Waals surface area contributed by atoms with Crippen LogP contribution in [0.4, 0.5) is 0 Å². The first-order chi connectivity index (χ1) is 13.5. The molecule has 3 nitrogen and oxygen atoms in total. The van der Waals surface area contributed by atoms with Crippen molar-refractivity contribution in [1.29, 1.82) is 0 Å². The number of fused-ring (bicyclic) bond motifs is 1. The molecule has 2 aromatic carbocycles. The number of carbonyl (C=O) groups excluding carboxylic acids is 1. The zero-order valence-corrected chi connectivity index (χ0v) is 19.1. The maximum atomic E-state index is 10.0. The second-order valence-corrected chi connectivity index (χ2v) is 7.67. The van der Waals surface area contributed by atoms with Crippen LogP contribution in [0.3, 0.4) is 0 Å². The van der Waals surface area contributed by atoms with E-state index in [2.05, 4.69) is 66.7 Å². The SMILES string of the molecule is CC(=O)/C=C(/C)O.[Ir].[c-]1c(-c2cc3c4c(cccc4n2)C=C3)sc2ccccc12. The van der Waals surface area contributed by atoms with Crippen LogP contribution in [0.15, 0.2) is 60.4 Å². The Bertz CT molecular complexity index is 1230. The number of hydrogen-bond acceptors (Lipinski definition) is 4. The molecule has 2 heterocycles. The number of aliphatic hydroxyl groups excluding tert-OH is 1. The van der Waals surface area contributed by atoms with Crippen molar-refractivity contribution in [2.75, 3.05) is 0 Å². The van der Waals surface area contributed by atoms with Crippen LogP contribution >= 0.6 is 11.3 Å². The van der Waals surface area contributed by atoms with Gasteiger partial charge in [-0.2, -0.15) is 0 Å². The van der Waals surface area contributed by atoms with E-state index in [1.165, 1.54) is 46.5 Å². The van der Waals surface area contributed by atoms with Gasteiger partial charge >= 0.3 is 0 Å². The van der Waals surface area contributed by atoms with Gasteiger partial charge < -0.3 is 5.11 Å². The summed E-state index contributed by atoms with van der Waals surface area (Å²) in [6, 6.07) is 20.3. The molecule has 1 aliphatic rings. The van der Waals surface area contributed by atoms with Crippen LogP contribution in [0.2, 0.25) is 0 Å². The summed E-state index contributed by atoms with van der Waals surface area (Å²) in [5, 5.41) is 10.8. The molecule has 29 heavy (non-hydrogen) atoms. The summed E-state index contributed by atoms with van der Waals surface area (Å²) in [5.74, 6) is -0.0625. The molecule has 0 aliphatic heterocycles. The molecule has 1 N–H and O–H groups in total. The van der Waals surface area contributed by atoms with Gasteiger partial charge in [0.1, 0.15) is 0 Å². The van der Waals surface area contributed by atoms with Gasteiger partial charge in [0.2, 0.25) is 0 Å². The maximum absolute atomic E-state index is 10.0. The molecular weight excluding hydrogens is 559 g/mol. The van der Waals surface area contributed by atoms with Crippen molar-refractivity contribution in [3.63, 3.8) is 0 Å². The van der Waals surface area contributed by atoms with Crippen LogP contribution in [0.25, 0.3) is 43.7 Å². The number of benzene rings is 2. The third kappa shape index (κ3) is 4.54. The van der Waals surface area contributed by atoms with Crippen molar-refractivity contribution in [2.24, 2.45) is 0 Å². The van der Waals surface area contributed by atoms with Crippen molar-refractivity contribution in [2.45, 2.75) is 13.8 Å². The largest absolute Gasteiger partial charge is 0.512 e. The first-order valence-electron chi connectivity index (χ1n) is 8.92. The molecule has 147 valence electrons. The number of ketones is 1. The van der Waals surface area contributed by atoms with Crippen LogP contribution in [0, 0.1) is 6.07 Å². The Balaban J connectivity index is 0.000000263. The molecule has 0 unspecified atom stereocenters. The van der Waals surface area contributed by atoms with E-state index >= 15 is 0 Å². The van der Waals surface area contributed by atoms with Crippen molar-refractivity contribution < 1.29 is 30.0 Å². The number of allylic oxidation sites excluding steroid dienone is 2. The molecule has 1 radical (unpaired) electrons. The monoisotopic (exact) mass is 577 g/mol. The standard InChI is InChI=1S/C19H10NS.C5H8O2.Ir/c1-2-7-17-13(4-1)11-18(21-17)16-10-14-9-8-12-5-3-6-15(20-16)19(12)14;1-4(6)3-5(2)7;/h1-10H;3,6H,1-2H3;/q-1;;/b;4-3-;. The van der Waals surface area contributed by atoms with E-state index in [9.17, 15) is 4.79 Å². The van der Waals surface area contributed by atoms with Gasteiger partial charge in [0.05, 0.1) is 11.3 Å². The Labute approximate surface area is 186 Å². The smallest absolute Gasteiger partial charge is 0.155 e. The first-order valence-corrected chi connectivity index (χ1v) is 9.74. The fraction of sp³-hybridized carbons (Fsp3) is 0.0833. The topological polar surface area (TPSA) is 50.2 Å². The number of nitrogens with zero attached hydrogens (tertiary/aromatic N) is 1. The third-order valence-corrected chi connectivity index (χ3v) is 5.42. The first kappa shape index (κ1) is 21.1. The van der Waals surface area contributed by atoms with Gasteiger partial charge in [0.15, 0.2) is 5.78 Å². The van der Waals surface area contributed by atoms with Gasteiger partial charge in [0.25, 0.3) is 0 Å². The number of hydrogen-bond donors (Lipinski definition) is 1. The van der Waals surface area contributed by atoms with E-state index in [4.69, 9.17) is 10.1 Å². The molecule has 0 atom stereocenters. The molecule has 0 saturated heterocycles. The predicted octanol–water partition coefficient (Wildman–Crippen LogP) is 6.44. The number of carbonyl (C=O) groups is 1. The zero-order valence-electron chi connectivity index (χ0n) is 15.9. The second kappa shape index (κ2) is 8.83. The summed E-state index contributed by atoms with van der Waals surface area (Å²) >= 11 is 1.75. The Kier molecular flexibility index (Phi) is 6.43. The van der Waals surface area contributed by atoms with Crippen molar-refractivity contribution in [3.8, 4) is 10.6 Å². The summed E-state index contributed by atoms with van der Waals surface area (Å²) < 4.78 is 1.26. The van der Waals surface area contributed by atoms with Gasteiger partial charge in [0, 0.05) is 37.3 Å². The fourth-order valence-corrected chi connectivity index (χ4v) is 4.21. The maximum Gasteiger partial charge on any atom is 0.155 e. The minimum atomic E-state index is -0.125. The van der Waals surface area contributed by atoms with Crippen LogP contribution in [0.1, 0.15) is 25.0 Å². The number of thiophene rings is 1. The van der Waals surface area contributed by atoms with E-state index in [0.717, 1.165) is 16.1 Å². The molecule has 1 aliphatic carbocycles. The normalized spacial score (nSPS) is 11.9. The summed E-state index contributed by atoms with van der Waals surface area (Å²) in [7, 11) is 0. The van der Waals surface area contributed by atoms with Gasteiger partial charge in [-0.1, -0.05) is 42.5 Å². The van der Waals surface area contributed by atoms with Crippen molar-refractivity contribution in [1.82, 2.24) is 4.98 Å². The zero-order chi connectivity index (χ0) is 19.7. The number of pyridine rings is 1. The molecule has 0 fully saturated rings. The van der Waals surface area contributed by atoms with Gasteiger partial charge in [-0.15, -0.1) is 23.6 Å². The molecule has 2 aromatic heterocycles. The van der Waals surface area contributed by atoms with Crippen LogP contribution in [0.5, 0.6) is 0 Å². The van der Waals surface area contributed by atoms with Gasteiger partial charge in [-0.25, -0.2) is 11.3 Å². The minimum absolute atomic E-state index is 0. The van der Waals surface area contributed by atoms with E-state index in [1.54, 1.807) is 11.3 Å². The molecule has 4 aromatic rings. The van der Waals surface area contributed by atoms with E-state index in [0.29, 0.717) is 0 Å². The molecule has 0 bridgehead atoms. The number of aromatic nitrogens is 1. The van der Waals surface area contributed by atoms with Crippen molar-refractivity contribution >= 4 is 50.3 Å². The van der Waals surface area contributed by atoms with Crippen LogP contribution in [-0.2, 0) is 24.9 Å². The van der Waals surface area contributed by atoms with E-state index < -0.39 is 0 Å². The van der Waals surface area contributed by atoms with E-state index in [1.807, 2.05) is 0 Å². The molecule has 0 spiro atoms. The van der Waals surface area contributed by atoms with Gasteiger partial charge in [-0.05, 0) is 40.6 Å². The second-order valence-electron chi connectivity index (χ2n) is 6.62. The Morgan fingerprint density at radius 1 is 1.07 bits per heavy atom. The Hall–Kier alpha value is -2.59. The summed E-state index contributed by atoms with van der Waals surface area (Å²) in [6.07, 6.45) is 5.51. The number of aliphatic hydroxyl groups is 1. The molecule has 5 heteroatoms. The molecule has 0 saturated carbocycles. The third-order valence-electron chi connectivity index (χ3n) is 4.33. The minimum Gasteiger partial charge on any atom is -0.512 e. The fourth-order valence-electron chi connectivity index (χ4n) is 3.24. The molecular formula is C24H18IrNO2S-. The van der Waals surface area contributed by atoms with Crippen LogP contribution < -0.4 is 0 Å². The predicted molar refractivity (Wildman–Crippen MR) is 117 cm³/mol. The summed E-state index contributed by atoms with van der Waals surface area (Å²) in [6.45, 7) is 2.85. The quantitative estimate of drug-likeness (QED) is 0.150. The average molecular weight is 577 g/mol. The van der Waals surface area contributed by atoms with E-state index in [-0.39, 0.29) is 31.6 Å². The average Bonchev–Trinajstić information content (AvgIpc) is 3.26. The molecule has 0 amide bonds. The Morgan fingerprint density at radius 2 is 1.83 bits per heavy atom. The molecule has 5 rings (SSSR count). The van der Waals surface area contributed by atoms with Gasteiger partial charge in [-0.3, -0.25) is 9.78 Å². The summed E-state index contributed by atoms with van der Waals surface area (Å²) in [5.41, 5.74) is 4.61.